The summed E-state index contributed by atoms with van der Waals surface area (Å²) in [5.74, 6) is 0.0298. The van der Waals surface area contributed by atoms with E-state index < -0.39 is 0 Å². The Morgan fingerprint density at radius 3 is 2.44 bits per heavy atom. The van der Waals surface area contributed by atoms with Gasteiger partial charge in [0.15, 0.2) is 0 Å². The summed E-state index contributed by atoms with van der Waals surface area (Å²) >= 11 is 0. The summed E-state index contributed by atoms with van der Waals surface area (Å²) in [5.41, 5.74) is 8.01. The van der Waals surface area contributed by atoms with E-state index in [4.69, 9.17) is 5.73 Å². The molecule has 0 amide bonds. The minimum atomic E-state index is -0.386. The molecule has 1 aromatic carbocycles. The molecule has 0 spiro atoms. The summed E-state index contributed by atoms with van der Waals surface area (Å²) in [5, 5.41) is 0. The molecule has 0 aliphatic rings. The lowest BCUT2D eigenvalue weighted by Gasteiger charge is -2.07. The van der Waals surface area contributed by atoms with E-state index in [2.05, 4.69) is 4.99 Å². The number of hydrogen-bond acceptors (Lipinski definition) is 3. The van der Waals surface area contributed by atoms with Crippen LogP contribution in [0.1, 0.15) is 18.1 Å². The van der Waals surface area contributed by atoms with Crippen molar-refractivity contribution in [1.29, 1.82) is 0 Å². The first kappa shape index (κ1) is 12.6. The van der Waals surface area contributed by atoms with Crippen molar-refractivity contribution in [3.05, 3.63) is 35.4 Å². The molecule has 0 bridgehead atoms. The third kappa shape index (κ3) is 3.95. The molecule has 3 heteroatoms. The lowest BCUT2D eigenvalue weighted by molar-refractivity contribution is -0.118. The van der Waals surface area contributed by atoms with Crippen LogP contribution in [0.3, 0.4) is 0 Å². The average molecular weight is 218 g/mol. The summed E-state index contributed by atoms with van der Waals surface area (Å²) in [4.78, 5) is 14.9. The van der Waals surface area contributed by atoms with Gasteiger partial charge in [0.1, 0.15) is 5.78 Å². The number of ketones is 1. The van der Waals surface area contributed by atoms with E-state index in [1.165, 1.54) is 12.5 Å². The maximum atomic E-state index is 11.0. The molecule has 0 heterocycles. The molecule has 16 heavy (non-hydrogen) atoms. The monoisotopic (exact) mass is 218 g/mol. The molecule has 1 unspecified atom stereocenters. The first-order valence-electron chi connectivity index (χ1n) is 5.38. The van der Waals surface area contributed by atoms with E-state index in [1.807, 2.05) is 30.5 Å². The maximum absolute atomic E-state index is 11.0. The fraction of sp³-hybridized carbons (Fsp3) is 0.385. The first-order chi connectivity index (χ1) is 7.63. The molecule has 0 aromatic heterocycles. The number of Topliss-reactive ketones (excluding diaryl/α,β-unsaturated/α-hetero) is 1. The zero-order valence-electron chi connectivity index (χ0n) is 9.81. The van der Waals surface area contributed by atoms with Gasteiger partial charge in [-0.1, -0.05) is 24.3 Å². The van der Waals surface area contributed by atoms with Crippen molar-refractivity contribution in [1.82, 2.24) is 0 Å². The van der Waals surface area contributed by atoms with Crippen molar-refractivity contribution in [2.75, 3.05) is 7.05 Å². The molecule has 1 aromatic rings. The number of rotatable bonds is 5. The van der Waals surface area contributed by atoms with Crippen molar-refractivity contribution in [2.45, 2.75) is 25.8 Å². The van der Waals surface area contributed by atoms with Gasteiger partial charge >= 0.3 is 0 Å². The van der Waals surface area contributed by atoms with E-state index in [1.54, 1.807) is 7.05 Å². The van der Waals surface area contributed by atoms with Crippen molar-refractivity contribution < 1.29 is 4.79 Å². The Labute approximate surface area is 96.4 Å². The minimum Gasteiger partial charge on any atom is -0.321 e. The van der Waals surface area contributed by atoms with E-state index >= 15 is 0 Å². The van der Waals surface area contributed by atoms with Gasteiger partial charge in [0, 0.05) is 19.7 Å². The normalized spacial score (nSPS) is 12.9. The highest BCUT2D eigenvalue weighted by molar-refractivity contribution is 5.81. The molecular formula is C13H18N2O. The van der Waals surface area contributed by atoms with Crippen LogP contribution < -0.4 is 5.73 Å². The Balaban J connectivity index is 2.60. The van der Waals surface area contributed by atoms with Crippen molar-refractivity contribution in [2.24, 2.45) is 10.7 Å². The van der Waals surface area contributed by atoms with Crippen LogP contribution in [0.4, 0.5) is 0 Å². The standard InChI is InChI=1S/C13H18N2O/c1-10(16)13(14)9-12-5-3-11(4-6-12)7-8-15-2/h3-6,8,13H,7,9,14H2,1-2H3. The largest absolute Gasteiger partial charge is 0.321 e. The summed E-state index contributed by atoms with van der Waals surface area (Å²) in [7, 11) is 1.76. The smallest absolute Gasteiger partial charge is 0.146 e. The highest BCUT2D eigenvalue weighted by Gasteiger charge is 2.08. The second-order valence-electron chi connectivity index (χ2n) is 3.88. The van der Waals surface area contributed by atoms with Gasteiger partial charge in [0.05, 0.1) is 6.04 Å². The zero-order valence-corrected chi connectivity index (χ0v) is 9.81. The Hall–Kier alpha value is -1.48. The van der Waals surface area contributed by atoms with Crippen molar-refractivity contribution in [3.8, 4) is 0 Å². The van der Waals surface area contributed by atoms with Crippen molar-refractivity contribution >= 4 is 12.0 Å². The molecule has 0 saturated carbocycles. The van der Waals surface area contributed by atoms with E-state index in [0.717, 1.165) is 12.0 Å². The highest BCUT2D eigenvalue weighted by Crippen LogP contribution is 2.07. The SMILES string of the molecule is CN=CCc1ccc(CC(N)C(C)=O)cc1. The van der Waals surface area contributed by atoms with Gasteiger partial charge in [0.25, 0.3) is 0 Å². The molecule has 0 aliphatic carbocycles. The molecule has 86 valence electrons. The third-order valence-electron chi connectivity index (χ3n) is 2.51. The highest BCUT2D eigenvalue weighted by atomic mass is 16.1. The number of benzene rings is 1. The number of nitrogens with two attached hydrogens (primary N) is 1. The molecule has 0 saturated heterocycles. The average Bonchev–Trinajstić information content (AvgIpc) is 2.28. The van der Waals surface area contributed by atoms with Gasteiger partial charge in [-0.2, -0.15) is 0 Å². The number of carbonyl (C=O) groups is 1. The number of aliphatic imine (C=N–C) groups is 1. The lowest BCUT2D eigenvalue weighted by atomic mass is 10.0. The molecule has 2 N–H and O–H groups in total. The molecule has 0 radical (unpaired) electrons. The van der Waals surface area contributed by atoms with Crippen LogP contribution in [-0.4, -0.2) is 25.1 Å². The van der Waals surface area contributed by atoms with Crippen LogP contribution in [0.2, 0.25) is 0 Å². The minimum absolute atomic E-state index is 0.0298. The number of nitrogens with zero attached hydrogens (tertiary/aromatic N) is 1. The molecule has 1 rings (SSSR count). The fourth-order valence-corrected chi connectivity index (χ4v) is 1.41. The van der Waals surface area contributed by atoms with E-state index in [0.29, 0.717) is 6.42 Å². The molecule has 3 nitrogen and oxygen atoms in total. The Morgan fingerprint density at radius 2 is 1.94 bits per heavy atom. The predicted octanol–water partition coefficient (Wildman–Crippen LogP) is 1.39. The maximum Gasteiger partial charge on any atom is 0.146 e. The number of hydrogen-bond donors (Lipinski definition) is 1. The molecule has 1 atom stereocenters. The Bertz CT molecular complexity index is 368. The zero-order chi connectivity index (χ0) is 12.0. The summed E-state index contributed by atoms with van der Waals surface area (Å²) in [6.07, 6.45) is 3.32. The van der Waals surface area contributed by atoms with Gasteiger partial charge < -0.3 is 10.7 Å². The van der Waals surface area contributed by atoms with Gasteiger partial charge in [-0.25, -0.2) is 0 Å². The quantitative estimate of drug-likeness (QED) is 0.759. The van der Waals surface area contributed by atoms with Gasteiger partial charge in [-0.3, -0.25) is 4.79 Å². The van der Waals surface area contributed by atoms with E-state index in [-0.39, 0.29) is 11.8 Å². The second-order valence-corrected chi connectivity index (χ2v) is 3.88. The second kappa shape index (κ2) is 6.18. The third-order valence-corrected chi connectivity index (χ3v) is 2.51. The van der Waals surface area contributed by atoms with Gasteiger partial charge in [-0.15, -0.1) is 0 Å². The predicted molar refractivity (Wildman–Crippen MR) is 66.9 cm³/mol. The van der Waals surface area contributed by atoms with Crippen LogP contribution in [0, 0.1) is 0 Å². The fourth-order valence-electron chi connectivity index (χ4n) is 1.41. The Morgan fingerprint density at radius 1 is 1.38 bits per heavy atom. The van der Waals surface area contributed by atoms with Crippen molar-refractivity contribution in [3.63, 3.8) is 0 Å². The molecule has 0 fully saturated rings. The summed E-state index contributed by atoms with van der Waals surface area (Å²) in [6.45, 7) is 1.52. The van der Waals surface area contributed by atoms with Crippen LogP contribution in [-0.2, 0) is 17.6 Å². The first-order valence-corrected chi connectivity index (χ1v) is 5.38. The van der Waals surface area contributed by atoms with E-state index in [9.17, 15) is 4.79 Å². The summed E-state index contributed by atoms with van der Waals surface area (Å²) < 4.78 is 0. The Kier molecular flexibility index (Phi) is 4.86. The van der Waals surface area contributed by atoms with Crippen LogP contribution >= 0.6 is 0 Å². The summed E-state index contributed by atoms with van der Waals surface area (Å²) in [6, 6.07) is 7.74. The van der Waals surface area contributed by atoms with Gasteiger partial charge in [0.2, 0.25) is 0 Å². The topological polar surface area (TPSA) is 55.4 Å². The number of carbonyl (C=O) groups excluding carboxylic acids is 1. The van der Waals surface area contributed by atoms with Gasteiger partial charge in [-0.05, 0) is 24.5 Å². The lowest BCUT2D eigenvalue weighted by Crippen LogP contribution is -2.30. The molecule has 0 aliphatic heterocycles. The molecular weight excluding hydrogens is 200 g/mol. The van der Waals surface area contributed by atoms with Crippen LogP contribution in [0.15, 0.2) is 29.3 Å². The van der Waals surface area contributed by atoms with Crippen LogP contribution in [0.25, 0.3) is 0 Å². The van der Waals surface area contributed by atoms with Crippen LogP contribution in [0.5, 0.6) is 0 Å².